The monoisotopic (exact) mass is 388 g/mol. The first kappa shape index (κ1) is 15.9. The number of carbonyl (C=O) groups is 1. The van der Waals surface area contributed by atoms with Crippen LogP contribution in [0.1, 0.15) is 15.9 Å². The van der Waals surface area contributed by atoms with E-state index in [1.807, 2.05) is 11.4 Å². The van der Waals surface area contributed by atoms with Crippen molar-refractivity contribution in [2.75, 3.05) is 7.05 Å². The van der Waals surface area contributed by atoms with Crippen LogP contribution in [0.3, 0.4) is 0 Å². The first-order valence-corrected chi connectivity index (χ1v) is 7.86. The SMILES string of the molecule is CN(Cc1csc(Br)c1)C(=O)c1ccc(Cl)c([N+](=O)[O-])c1. The highest BCUT2D eigenvalue weighted by atomic mass is 79.9. The Kier molecular flexibility index (Phi) is 4.97. The predicted molar refractivity (Wildman–Crippen MR) is 85.9 cm³/mol. The summed E-state index contributed by atoms with van der Waals surface area (Å²) in [4.78, 5) is 24.0. The van der Waals surface area contributed by atoms with Crippen LogP contribution in [-0.4, -0.2) is 22.8 Å². The molecule has 1 aromatic heterocycles. The fourth-order valence-corrected chi connectivity index (χ4v) is 3.17. The fourth-order valence-electron chi connectivity index (χ4n) is 1.78. The summed E-state index contributed by atoms with van der Waals surface area (Å²) in [5.74, 6) is -0.294. The normalized spacial score (nSPS) is 10.4. The van der Waals surface area contributed by atoms with Crippen LogP contribution in [0.4, 0.5) is 5.69 Å². The summed E-state index contributed by atoms with van der Waals surface area (Å²) in [5, 5.41) is 12.8. The molecule has 0 aliphatic rings. The van der Waals surface area contributed by atoms with Gasteiger partial charge in [0, 0.05) is 25.2 Å². The average Bonchev–Trinajstić information content (AvgIpc) is 2.83. The van der Waals surface area contributed by atoms with Gasteiger partial charge in [-0.25, -0.2) is 0 Å². The zero-order valence-electron chi connectivity index (χ0n) is 10.9. The first-order valence-electron chi connectivity index (χ1n) is 5.81. The van der Waals surface area contributed by atoms with Crippen molar-refractivity contribution < 1.29 is 9.72 Å². The minimum Gasteiger partial charge on any atom is -0.337 e. The van der Waals surface area contributed by atoms with E-state index in [-0.39, 0.29) is 22.2 Å². The van der Waals surface area contributed by atoms with Crippen LogP contribution in [0.25, 0.3) is 0 Å². The van der Waals surface area contributed by atoms with Gasteiger partial charge in [0.15, 0.2) is 0 Å². The lowest BCUT2D eigenvalue weighted by Crippen LogP contribution is -2.26. The zero-order valence-corrected chi connectivity index (χ0v) is 14.0. The molecule has 0 spiro atoms. The fraction of sp³-hybridized carbons (Fsp3) is 0.154. The summed E-state index contributed by atoms with van der Waals surface area (Å²) in [6, 6.07) is 5.98. The van der Waals surface area contributed by atoms with Crippen molar-refractivity contribution >= 4 is 50.5 Å². The van der Waals surface area contributed by atoms with Gasteiger partial charge in [0.2, 0.25) is 0 Å². The number of nitro benzene ring substituents is 1. The number of amides is 1. The zero-order chi connectivity index (χ0) is 15.6. The molecule has 0 bridgehead atoms. The number of thiophene rings is 1. The molecule has 0 aliphatic carbocycles. The van der Waals surface area contributed by atoms with E-state index in [4.69, 9.17) is 11.6 Å². The highest BCUT2D eigenvalue weighted by Gasteiger charge is 2.19. The highest BCUT2D eigenvalue weighted by molar-refractivity contribution is 9.11. The van der Waals surface area contributed by atoms with E-state index in [0.717, 1.165) is 9.35 Å². The van der Waals surface area contributed by atoms with E-state index in [0.29, 0.717) is 6.54 Å². The largest absolute Gasteiger partial charge is 0.337 e. The molecule has 1 amide bonds. The molecule has 8 heteroatoms. The van der Waals surface area contributed by atoms with Crippen molar-refractivity contribution in [1.29, 1.82) is 0 Å². The Labute approximate surface area is 138 Å². The molecule has 0 unspecified atom stereocenters. The Morgan fingerprint density at radius 2 is 2.19 bits per heavy atom. The van der Waals surface area contributed by atoms with Crippen LogP contribution in [0, 0.1) is 10.1 Å². The molecule has 0 saturated carbocycles. The number of nitrogens with zero attached hydrogens (tertiary/aromatic N) is 2. The second kappa shape index (κ2) is 6.55. The Morgan fingerprint density at radius 1 is 1.48 bits per heavy atom. The molecule has 5 nitrogen and oxygen atoms in total. The Balaban J connectivity index is 2.19. The minimum atomic E-state index is -0.602. The summed E-state index contributed by atoms with van der Waals surface area (Å²) in [7, 11) is 1.65. The van der Waals surface area contributed by atoms with Crippen LogP contribution in [0.5, 0.6) is 0 Å². The summed E-state index contributed by atoms with van der Waals surface area (Å²) >= 11 is 10.6. The lowest BCUT2D eigenvalue weighted by Gasteiger charge is -2.16. The summed E-state index contributed by atoms with van der Waals surface area (Å²) in [6.07, 6.45) is 0. The lowest BCUT2D eigenvalue weighted by atomic mass is 10.1. The number of carbonyl (C=O) groups excluding carboxylic acids is 1. The van der Waals surface area contributed by atoms with Crippen molar-refractivity contribution in [3.63, 3.8) is 0 Å². The van der Waals surface area contributed by atoms with Crippen LogP contribution in [0.15, 0.2) is 33.4 Å². The minimum absolute atomic E-state index is 0.0148. The van der Waals surface area contributed by atoms with Gasteiger partial charge in [-0.3, -0.25) is 14.9 Å². The summed E-state index contributed by atoms with van der Waals surface area (Å²) < 4.78 is 0.987. The smallest absolute Gasteiger partial charge is 0.288 e. The van der Waals surface area contributed by atoms with Gasteiger partial charge in [0.05, 0.1) is 8.71 Å². The highest BCUT2D eigenvalue weighted by Crippen LogP contribution is 2.26. The van der Waals surface area contributed by atoms with Crippen molar-refractivity contribution in [1.82, 2.24) is 4.90 Å². The standard InChI is InChI=1S/C13H10BrClN2O3S/c1-16(6-8-4-12(14)21-7-8)13(18)9-2-3-10(15)11(5-9)17(19)20/h2-5,7H,6H2,1H3. The van der Waals surface area contributed by atoms with Gasteiger partial charge in [0.25, 0.3) is 11.6 Å². The van der Waals surface area contributed by atoms with E-state index in [9.17, 15) is 14.9 Å². The Morgan fingerprint density at radius 3 is 2.76 bits per heavy atom. The molecule has 1 aromatic carbocycles. The molecular weight excluding hydrogens is 380 g/mol. The molecule has 0 radical (unpaired) electrons. The van der Waals surface area contributed by atoms with Gasteiger partial charge in [-0.1, -0.05) is 11.6 Å². The maximum atomic E-state index is 12.3. The van der Waals surface area contributed by atoms with Crippen molar-refractivity contribution in [2.24, 2.45) is 0 Å². The van der Waals surface area contributed by atoms with Crippen molar-refractivity contribution in [3.05, 3.63) is 59.7 Å². The maximum Gasteiger partial charge on any atom is 0.288 e. The van der Waals surface area contributed by atoms with Crippen molar-refractivity contribution in [2.45, 2.75) is 6.54 Å². The van der Waals surface area contributed by atoms with E-state index in [1.54, 1.807) is 7.05 Å². The third-order valence-corrected chi connectivity index (χ3v) is 4.65. The molecule has 110 valence electrons. The number of hydrogen-bond acceptors (Lipinski definition) is 4. The number of benzene rings is 1. The molecule has 2 rings (SSSR count). The van der Waals surface area contributed by atoms with Crippen LogP contribution < -0.4 is 0 Å². The molecule has 0 atom stereocenters. The number of rotatable bonds is 4. The third-order valence-electron chi connectivity index (χ3n) is 2.78. The van der Waals surface area contributed by atoms with E-state index in [2.05, 4.69) is 15.9 Å². The number of hydrogen-bond donors (Lipinski definition) is 0. The first-order chi connectivity index (χ1) is 9.88. The van der Waals surface area contributed by atoms with E-state index in [1.165, 1.54) is 34.4 Å². The maximum absolute atomic E-state index is 12.3. The molecular formula is C13H10BrClN2O3S. The third kappa shape index (κ3) is 3.81. The molecule has 0 N–H and O–H groups in total. The van der Waals surface area contributed by atoms with Gasteiger partial charge in [0.1, 0.15) is 5.02 Å². The molecule has 1 heterocycles. The van der Waals surface area contributed by atoms with Gasteiger partial charge >= 0.3 is 0 Å². The average molecular weight is 390 g/mol. The number of halogens is 2. The second-order valence-corrected chi connectivity index (χ2v) is 7.04. The molecule has 0 fully saturated rings. The van der Waals surface area contributed by atoms with Gasteiger partial charge in [-0.05, 0) is 45.1 Å². The molecule has 2 aromatic rings. The van der Waals surface area contributed by atoms with E-state index >= 15 is 0 Å². The lowest BCUT2D eigenvalue weighted by molar-refractivity contribution is -0.384. The quantitative estimate of drug-likeness (QED) is 0.577. The Hall–Kier alpha value is -1.44. The molecule has 21 heavy (non-hydrogen) atoms. The summed E-state index contributed by atoms with van der Waals surface area (Å²) in [6.45, 7) is 0.428. The topological polar surface area (TPSA) is 63.5 Å². The second-order valence-electron chi connectivity index (χ2n) is 4.34. The van der Waals surface area contributed by atoms with Crippen LogP contribution in [-0.2, 0) is 6.54 Å². The molecule has 0 saturated heterocycles. The van der Waals surface area contributed by atoms with E-state index < -0.39 is 4.92 Å². The Bertz CT molecular complexity index is 704. The number of nitro groups is 1. The van der Waals surface area contributed by atoms with Gasteiger partial charge < -0.3 is 4.90 Å². The van der Waals surface area contributed by atoms with Crippen molar-refractivity contribution in [3.8, 4) is 0 Å². The van der Waals surface area contributed by atoms with Crippen LogP contribution in [0.2, 0.25) is 5.02 Å². The predicted octanol–water partition coefficient (Wildman–Crippen LogP) is 4.34. The summed E-state index contributed by atoms with van der Waals surface area (Å²) in [5.41, 5.74) is 0.961. The van der Waals surface area contributed by atoms with Gasteiger partial charge in [-0.15, -0.1) is 11.3 Å². The van der Waals surface area contributed by atoms with Gasteiger partial charge in [-0.2, -0.15) is 0 Å². The van der Waals surface area contributed by atoms with Crippen LogP contribution >= 0.6 is 38.9 Å². The molecule has 0 aliphatic heterocycles.